The molecule has 1 aliphatic carbocycles. The minimum Gasteiger partial charge on any atom is -0.458 e. The van der Waals surface area contributed by atoms with Gasteiger partial charge >= 0.3 is 12.1 Å². The first kappa shape index (κ1) is 24.7. The predicted octanol–water partition coefficient (Wildman–Crippen LogP) is 4.00. The highest BCUT2D eigenvalue weighted by atomic mass is 32.2. The third-order valence-electron chi connectivity index (χ3n) is 6.28. The van der Waals surface area contributed by atoms with E-state index in [-0.39, 0.29) is 24.5 Å². The Morgan fingerprint density at radius 3 is 2.34 bits per heavy atom. The molecule has 0 spiro atoms. The summed E-state index contributed by atoms with van der Waals surface area (Å²) in [5.41, 5.74) is 0.664. The number of ketones is 1. The number of aryl methyl sites for hydroxylation is 1. The Labute approximate surface area is 186 Å². The minimum atomic E-state index is -4.81. The zero-order chi connectivity index (χ0) is 23.6. The van der Waals surface area contributed by atoms with Gasteiger partial charge in [-0.2, -0.15) is 13.2 Å². The standard InChI is InChI=1S/C22H28F3NO5S/c1-15(26-32(29,30)14-22(23,24)25)17-8-6-16(7-9-17)10-11-21(18-4-2-3-5-18)13-19(27)12-20(28)31-21/h6-9,15,18,26H,2-5,10-14H2,1H3/t15-,21?/m1/s1. The quantitative estimate of drug-likeness (QED) is 0.454. The first-order valence-electron chi connectivity index (χ1n) is 10.8. The molecule has 178 valence electrons. The van der Waals surface area contributed by atoms with Crippen LogP contribution < -0.4 is 4.72 Å². The molecule has 1 unspecified atom stereocenters. The van der Waals surface area contributed by atoms with E-state index in [0.717, 1.165) is 31.2 Å². The molecule has 1 aromatic carbocycles. The number of ether oxygens (including phenoxy) is 1. The van der Waals surface area contributed by atoms with Crippen molar-refractivity contribution in [1.29, 1.82) is 0 Å². The van der Waals surface area contributed by atoms with Crippen LogP contribution in [0.1, 0.15) is 69.0 Å². The smallest absolute Gasteiger partial charge is 0.404 e. The summed E-state index contributed by atoms with van der Waals surface area (Å²) in [5.74, 6) is -2.33. The van der Waals surface area contributed by atoms with E-state index in [1.54, 1.807) is 24.3 Å². The zero-order valence-corrected chi connectivity index (χ0v) is 18.7. The van der Waals surface area contributed by atoms with Gasteiger partial charge < -0.3 is 4.74 Å². The van der Waals surface area contributed by atoms with Crippen molar-refractivity contribution in [2.45, 2.75) is 76.1 Å². The maximum Gasteiger partial charge on any atom is 0.404 e. The summed E-state index contributed by atoms with van der Waals surface area (Å²) in [4.78, 5) is 24.2. The number of carbonyl (C=O) groups is 2. The van der Waals surface area contributed by atoms with Crippen LogP contribution in [0.25, 0.3) is 0 Å². The van der Waals surface area contributed by atoms with Gasteiger partial charge in [-0.15, -0.1) is 0 Å². The molecule has 3 rings (SSSR count). The fraction of sp³-hybridized carbons (Fsp3) is 0.636. The molecule has 10 heteroatoms. The molecule has 1 aliphatic heterocycles. The summed E-state index contributed by atoms with van der Waals surface area (Å²) in [7, 11) is -4.50. The van der Waals surface area contributed by atoms with Gasteiger partial charge in [0.15, 0.2) is 5.75 Å². The highest BCUT2D eigenvalue weighted by molar-refractivity contribution is 7.89. The van der Waals surface area contributed by atoms with Crippen LogP contribution in [0.4, 0.5) is 13.2 Å². The molecule has 0 aromatic heterocycles. The summed E-state index contributed by atoms with van der Waals surface area (Å²) < 4.78 is 68.4. The molecule has 0 bridgehead atoms. The second kappa shape index (κ2) is 9.51. The van der Waals surface area contributed by atoms with E-state index in [1.165, 1.54) is 6.92 Å². The number of Topliss-reactive ketones (excluding diaryl/α,β-unsaturated/α-hetero) is 1. The number of alkyl halides is 3. The lowest BCUT2D eigenvalue weighted by molar-refractivity contribution is -0.178. The summed E-state index contributed by atoms with van der Waals surface area (Å²) in [6, 6.07) is 6.06. The van der Waals surface area contributed by atoms with E-state index in [9.17, 15) is 31.2 Å². The fourth-order valence-corrected chi connectivity index (χ4v) is 5.99. The normalized spacial score (nSPS) is 23.9. The second-order valence-electron chi connectivity index (χ2n) is 8.87. The highest BCUT2D eigenvalue weighted by Crippen LogP contribution is 2.43. The fourth-order valence-electron chi connectivity index (χ4n) is 4.80. The molecule has 1 saturated heterocycles. The van der Waals surface area contributed by atoms with Gasteiger partial charge in [-0.25, -0.2) is 13.1 Å². The van der Waals surface area contributed by atoms with Gasteiger partial charge in [0.05, 0.1) is 0 Å². The van der Waals surface area contributed by atoms with Crippen LogP contribution in [-0.2, 0) is 30.8 Å². The molecule has 1 saturated carbocycles. The van der Waals surface area contributed by atoms with E-state index in [4.69, 9.17) is 4.74 Å². The Balaban J connectivity index is 1.65. The topological polar surface area (TPSA) is 89.5 Å². The number of cyclic esters (lactones) is 1. The van der Waals surface area contributed by atoms with E-state index >= 15 is 0 Å². The van der Waals surface area contributed by atoms with Gasteiger partial charge in [0.25, 0.3) is 0 Å². The van der Waals surface area contributed by atoms with Crippen molar-refractivity contribution in [2.75, 3.05) is 5.75 Å². The molecule has 2 fully saturated rings. The minimum absolute atomic E-state index is 0.0940. The lowest BCUT2D eigenvalue weighted by Gasteiger charge is -2.41. The second-order valence-corrected chi connectivity index (χ2v) is 10.6. The SMILES string of the molecule is C[C@@H](NS(=O)(=O)CC(F)(F)F)c1ccc(CCC2(C3CCCC3)CC(=O)CC(=O)O2)cc1. The predicted molar refractivity (Wildman–Crippen MR) is 111 cm³/mol. The van der Waals surface area contributed by atoms with Gasteiger partial charge in [0.2, 0.25) is 10.0 Å². The average Bonchev–Trinajstić information content (AvgIpc) is 3.19. The van der Waals surface area contributed by atoms with Crippen molar-refractivity contribution in [2.24, 2.45) is 5.92 Å². The van der Waals surface area contributed by atoms with Crippen LogP contribution in [0, 0.1) is 5.92 Å². The van der Waals surface area contributed by atoms with Gasteiger partial charge in [0, 0.05) is 12.5 Å². The van der Waals surface area contributed by atoms with Crippen molar-refractivity contribution in [3.63, 3.8) is 0 Å². The highest BCUT2D eigenvalue weighted by Gasteiger charge is 2.47. The maximum atomic E-state index is 12.4. The van der Waals surface area contributed by atoms with Crippen LogP contribution in [0.5, 0.6) is 0 Å². The number of benzene rings is 1. The Morgan fingerprint density at radius 1 is 1.16 bits per heavy atom. The summed E-state index contributed by atoms with van der Waals surface area (Å²) >= 11 is 0. The molecule has 1 aromatic rings. The van der Waals surface area contributed by atoms with Crippen LogP contribution >= 0.6 is 0 Å². The molecule has 2 aliphatic rings. The summed E-state index contributed by atoms with van der Waals surface area (Å²) in [6.07, 6.45) is 0.279. The molecule has 2 atom stereocenters. The summed E-state index contributed by atoms with van der Waals surface area (Å²) in [6.45, 7) is 1.48. The lowest BCUT2D eigenvalue weighted by atomic mass is 9.76. The van der Waals surface area contributed by atoms with Gasteiger partial charge in [-0.05, 0) is 49.7 Å². The van der Waals surface area contributed by atoms with Gasteiger partial charge in [0.1, 0.15) is 17.8 Å². The number of carbonyl (C=O) groups excluding carboxylic acids is 2. The number of nitrogens with one attached hydrogen (secondary N) is 1. The largest absolute Gasteiger partial charge is 0.458 e. The van der Waals surface area contributed by atoms with Crippen molar-refractivity contribution in [3.05, 3.63) is 35.4 Å². The Bertz CT molecular complexity index is 921. The average molecular weight is 476 g/mol. The molecular weight excluding hydrogens is 447 g/mol. The summed E-state index contributed by atoms with van der Waals surface area (Å²) in [5, 5.41) is 0. The van der Waals surface area contributed by atoms with Crippen molar-refractivity contribution >= 4 is 21.8 Å². The number of halogens is 3. The monoisotopic (exact) mass is 475 g/mol. The number of sulfonamides is 1. The molecular formula is C22H28F3NO5S. The third kappa shape index (κ3) is 6.54. The first-order valence-corrected chi connectivity index (χ1v) is 12.4. The van der Waals surface area contributed by atoms with Crippen molar-refractivity contribution in [3.8, 4) is 0 Å². The molecule has 1 heterocycles. The molecule has 0 radical (unpaired) electrons. The maximum absolute atomic E-state index is 12.4. The Kier molecular flexibility index (Phi) is 7.34. The molecule has 1 N–H and O–H groups in total. The van der Waals surface area contributed by atoms with Gasteiger partial charge in [-0.1, -0.05) is 37.1 Å². The van der Waals surface area contributed by atoms with E-state index < -0.39 is 39.6 Å². The number of rotatable bonds is 8. The number of hydrogen-bond acceptors (Lipinski definition) is 5. The van der Waals surface area contributed by atoms with Crippen LogP contribution in [0.3, 0.4) is 0 Å². The molecule has 0 amide bonds. The molecule has 32 heavy (non-hydrogen) atoms. The van der Waals surface area contributed by atoms with Crippen LogP contribution in [0.15, 0.2) is 24.3 Å². The molecule has 6 nitrogen and oxygen atoms in total. The zero-order valence-electron chi connectivity index (χ0n) is 17.9. The lowest BCUT2D eigenvalue weighted by Crippen LogP contribution is -2.48. The van der Waals surface area contributed by atoms with E-state index in [0.29, 0.717) is 18.4 Å². The van der Waals surface area contributed by atoms with Gasteiger partial charge in [-0.3, -0.25) is 9.59 Å². The van der Waals surface area contributed by atoms with Crippen LogP contribution in [-0.4, -0.2) is 37.7 Å². The Hall–Kier alpha value is -1.94. The Morgan fingerprint density at radius 2 is 1.78 bits per heavy atom. The number of esters is 1. The van der Waals surface area contributed by atoms with E-state index in [1.807, 2.05) is 4.72 Å². The van der Waals surface area contributed by atoms with Crippen molar-refractivity contribution in [1.82, 2.24) is 4.72 Å². The van der Waals surface area contributed by atoms with Crippen LogP contribution in [0.2, 0.25) is 0 Å². The number of hydrogen-bond donors (Lipinski definition) is 1. The van der Waals surface area contributed by atoms with E-state index in [2.05, 4.69) is 0 Å². The van der Waals surface area contributed by atoms with Crippen molar-refractivity contribution < 1.29 is 35.9 Å². The third-order valence-corrected chi connectivity index (χ3v) is 7.70. The first-order chi connectivity index (χ1) is 14.9.